The fourth-order valence-electron chi connectivity index (χ4n) is 2.03. The average molecular weight is 168 g/mol. The molecular formula is C10H20N2. The first-order valence-electron chi connectivity index (χ1n) is 5.15. The van der Waals surface area contributed by atoms with Gasteiger partial charge in [-0.05, 0) is 31.2 Å². The summed E-state index contributed by atoms with van der Waals surface area (Å²) in [5.74, 6) is 0. The summed E-state index contributed by atoms with van der Waals surface area (Å²) in [5, 5.41) is 7.13. The third-order valence-electron chi connectivity index (χ3n) is 3.29. The molecule has 2 unspecified atom stereocenters. The highest BCUT2D eigenvalue weighted by atomic mass is 15.0. The summed E-state index contributed by atoms with van der Waals surface area (Å²) >= 11 is 0. The Kier molecular flexibility index (Phi) is 2.13. The molecule has 1 saturated carbocycles. The maximum atomic E-state index is 3.63. The molecule has 1 heterocycles. The summed E-state index contributed by atoms with van der Waals surface area (Å²) in [6.45, 7) is 7.08. The topological polar surface area (TPSA) is 24.1 Å². The van der Waals surface area contributed by atoms with Crippen LogP contribution in [0.4, 0.5) is 0 Å². The third kappa shape index (κ3) is 1.80. The Labute approximate surface area is 75.1 Å². The van der Waals surface area contributed by atoms with E-state index in [0.29, 0.717) is 5.41 Å². The molecule has 12 heavy (non-hydrogen) atoms. The van der Waals surface area contributed by atoms with Gasteiger partial charge in [0.2, 0.25) is 0 Å². The van der Waals surface area contributed by atoms with Gasteiger partial charge in [-0.3, -0.25) is 0 Å². The SMILES string of the molecule is CC1(C)CC1NCC1CCCN1. The van der Waals surface area contributed by atoms with Gasteiger partial charge in [0.1, 0.15) is 0 Å². The van der Waals surface area contributed by atoms with Gasteiger partial charge >= 0.3 is 0 Å². The lowest BCUT2D eigenvalue weighted by atomic mass is 10.2. The normalized spacial score (nSPS) is 38.5. The van der Waals surface area contributed by atoms with Crippen LogP contribution in [0, 0.1) is 5.41 Å². The molecule has 2 heteroatoms. The predicted molar refractivity (Wildman–Crippen MR) is 51.2 cm³/mol. The van der Waals surface area contributed by atoms with Crippen LogP contribution in [-0.4, -0.2) is 25.2 Å². The van der Waals surface area contributed by atoms with E-state index in [2.05, 4.69) is 24.5 Å². The fraction of sp³-hybridized carbons (Fsp3) is 1.00. The highest BCUT2D eigenvalue weighted by Gasteiger charge is 2.45. The van der Waals surface area contributed by atoms with Crippen molar-refractivity contribution in [2.75, 3.05) is 13.1 Å². The molecule has 2 rings (SSSR count). The Morgan fingerprint density at radius 1 is 1.50 bits per heavy atom. The maximum Gasteiger partial charge on any atom is 0.0193 e. The first kappa shape index (κ1) is 8.52. The minimum absolute atomic E-state index is 0.582. The average Bonchev–Trinajstić information content (AvgIpc) is 2.54. The largest absolute Gasteiger partial charge is 0.313 e. The van der Waals surface area contributed by atoms with Crippen molar-refractivity contribution in [2.45, 2.75) is 45.2 Å². The van der Waals surface area contributed by atoms with Gasteiger partial charge in [0, 0.05) is 18.6 Å². The molecule has 0 radical (unpaired) electrons. The molecule has 0 spiro atoms. The summed E-state index contributed by atoms with van der Waals surface area (Å²) in [7, 11) is 0. The number of hydrogen-bond donors (Lipinski definition) is 2. The molecule has 2 aliphatic rings. The van der Waals surface area contributed by atoms with Crippen molar-refractivity contribution in [3.8, 4) is 0 Å². The van der Waals surface area contributed by atoms with Crippen LogP contribution in [0.25, 0.3) is 0 Å². The van der Waals surface area contributed by atoms with Crippen molar-refractivity contribution >= 4 is 0 Å². The first-order valence-corrected chi connectivity index (χ1v) is 5.15. The zero-order valence-corrected chi connectivity index (χ0v) is 8.19. The van der Waals surface area contributed by atoms with Gasteiger partial charge in [0.05, 0.1) is 0 Å². The second-order valence-electron chi connectivity index (χ2n) is 4.95. The quantitative estimate of drug-likeness (QED) is 0.660. The van der Waals surface area contributed by atoms with E-state index in [9.17, 15) is 0 Å². The molecule has 2 fully saturated rings. The smallest absolute Gasteiger partial charge is 0.0193 e. The first-order chi connectivity index (χ1) is 5.68. The van der Waals surface area contributed by atoms with E-state index in [1.807, 2.05) is 0 Å². The fourth-order valence-corrected chi connectivity index (χ4v) is 2.03. The zero-order chi connectivity index (χ0) is 8.60. The molecule has 0 aromatic carbocycles. The molecule has 2 nitrogen and oxygen atoms in total. The van der Waals surface area contributed by atoms with E-state index in [1.165, 1.54) is 32.4 Å². The van der Waals surface area contributed by atoms with Crippen LogP contribution in [0.1, 0.15) is 33.1 Å². The monoisotopic (exact) mass is 168 g/mol. The van der Waals surface area contributed by atoms with Gasteiger partial charge in [0.15, 0.2) is 0 Å². The number of nitrogens with one attached hydrogen (secondary N) is 2. The molecule has 2 atom stereocenters. The van der Waals surface area contributed by atoms with E-state index < -0.39 is 0 Å². The van der Waals surface area contributed by atoms with Crippen molar-refractivity contribution in [1.29, 1.82) is 0 Å². The van der Waals surface area contributed by atoms with Crippen molar-refractivity contribution in [3.05, 3.63) is 0 Å². The summed E-state index contributed by atoms with van der Waals surface area (Å²) in [5.41, 5.74) is 0.582. The van der Waals surface area contributed by atoms with E-state index in [-0.39, 0.29) is 0 Å². The second-order valence-corrected chi connectivity index (χ2v) is 4.95. The summed E-state index contributed by atoms with van der Waals surface area (Å²) in [6.07, 6.45) is 4.08. The van der Waals surface area contributed by atoms with Gasteiger partial charge in [-0.2, -0.15) is 0 Å². The maximum absolute atomic E-state index is 3.63. The summed E-state index contributed by atoms with van der Waals surface area (Å²) in [6, 6.07) is 1.54. The molecule has 0 aromatic heterocycles. The van der Waals surface area contributed by atoms with Crippen molar-refractivity contribution in [2.24, 2.45) is 5.41 Å². The van der Waals surface area contributed by atoms with Crippen LogP contribution in [0.15, 0.2) is 0 Å². The minimum atomic E-state index is 0.582. The van der Waals surface area contributed by atoms with Gasteiger partial charge in [0.25, 0.3) is 0 Å². The standard InChI is InChI=1S/C10H20N2/c1-10(2)6-9(10)12-7-8-4-3-5-11-8/h8-9,11-12H,3-7H2,1-2H3. The number of rotatable bonds is 3. The molecular weight excluding hydrogens is 148 g/mol. The molecule has 70 valence electrons. The molecule has 0 amide bonds. The highest BCUT2D eigenvalue weighted by Crippen LogP contribution is 2.44. The van der Waals surface area contributed by atoms with Crippen LogP contribution < -0.4 is 10.6 Å². The lowest BCUT2D eigenvalue weighted by Crippen LogP contribution is -2.36. The predicted octanol–water partition coefficient (Wildman–Crippen LogP) is 1.13. The van der Waals surface area contributed by atoms with Crippen molar-refractivity contribution < 1.29 is 0 Å². The van der Waals surface area contributed by atoms with Crippen LogP contribution in [0.2, 0.25) is 0 Å². The van der Waals surface area contributed by atoms with E-state index in [0.717, 1.165) is 12.1 Å². The van der Waals surface area contributed by atoms with E-state index >= 15 is 0 Å². The van der Waals surface area contributed by atoms with Crippen molar-refractivity contribution in [3.63, 3.8) is 0 Å². The Hall–Kier alpha value is -0.0800. The molecule has 1 aliphatic carbocycles. The molecule has 2 N–H and O–H groups in total. The minimum Gasteiger partial charge on any atom is -0.313 e. The highest BCUT2D eigenvalue weighted by molar-refractivity contribution is 5.02. The summed E-state index contributed by atoms with van der Waals surface area (Å²) < 4.78 is 0. The lowest BCUT2D eigenvalue weighted by Gasteiger charge is -2.12. The zero-order valence-electron chi connectivity index (χ0n) is 8.19. The third-order valence-corrected chi connectivity index (χ3v) is 3.29. The Morgan fingerprint density at radius 3 is 2.75 bits per heavy atom. The molecule has 0 aromatic rings. The van der Waals surface area contributed by atoms with Crippen LogP contribution in [0.5, 0.6) is 0 Å². The van der Waals surface area contributed by atoms with Gasteiger partial charge < -0.3 is 10.6 Å². The number of hydrogen-bond acceptors (Lipinski definition) is 2. The van der Waals surface area contributed by atoms with Gasteiger partial charge in [-0.15, -0.1) is 0 Å². The molecule has 0 bridgehead atoms. The van der Waals surface area contributed by atoms with E-state index in [4.69, 9.17) is 0 Å². The molecule has 1 saturated heterocycles. The van der Waals surface area contributed by atoms with Gasteiger partial charge in [-0.25, -0.2) is 0 Å². The lowest BCUT2D eigenvalue weighted by molar-refractivity contribution is 0.489. The van der Waals surface area contributed by atoms with Crippen LogP contribution in [0.3, 0.4) is 0 Å². The Bertz CT molecular complexity index is 154. The second kappa shape index (κ2) is 3.00. The van der Waals surface area contributed by atoms with E-state index in [1.54, 1.807) is 0 Å². The van der Waals surface area contributed by atoms with Crippen molar-refractivity contribution in [1.82, 2.24) is 10.6 Å². The Balaban J connectivity index is 1.63. The van der Waals surface area contributed by atoms with Gasteiger partial charge in [-0.1, -0.05) is 13.8 Å². The Morgan fingerprint density at radius 2 is 2.25 bits per heavy atom. The van der Waals surface area contributed by atoms with Crippen LogP contribution >= 0.6 is 0 Å². The van der Waals surface area contributed by atoms with Crippen LogP contribution in [-0.2, 0) is 0 Å². The molecule has 1 aliphatic heterocycles. The summed E-state index contributed by atoms with van der Waals surface area (Å²) in [4.78, 5) is 0.